The van der Waals surface area contributed by atoms with Gasteiger partial charge in [-0.1, -0.05) is 0 Å². The molecule has 0 aliphatic heterocycles. The van der Waals surface area contributed by atoms with Crippen LogP contribution in [0.2, 0.25) is 0 Å². The van der Waals surface area contributed by atoms with Gasteiger partial charge >= 0.3 is 0 Å². The van der Waals surface area contributed by atoms with Gasteiger partial charge < -0.3 is 10.3 Å². The largest absolute Gasteiger partial charge is 0.349 e. The van der Waals surface area contributed by atoms with Gasteiger partial charge in [-0.05, 0) is 41.8 Å². The van der Waals surface area contributed by atoms with Gasteiger partial charge in [-0.25, -0.2) is 0 Å². The molecule has 0 saturated carbocycles. The molecule has 0 aliphatic rings. The minimum absolute atomic E-state index is 0.0337. The van der Waals surface area contributed by atoms with E-state index in [4.69, 9.17) is 0 Å². The Labute approximate surface area is 109 Å². The number of hydrogen-bond donors (Lipinski definition) is 2. The van der Waals surface area contributed by atoms with E-state index < -0.39 is 0 Å². The average molecular weight is 262 g/mol. The summed E-state index contributed by atoms with van der Waals surface area (Å²) in [6.07, 6.45) is 2.26. The highest BCUT2D eigenvalue weighted by Crippen LogP contribution is 2.08. The third kappa shape index (κ3) is 3.30. The molecule has 1 unspecified atom stereocenters. The Balaban J connectivity index is 1.97. The number of pyridine rings is 1. The third-order valence-corrected chi connectivity index (χ3v) is 3.27. The summed E-state index contributed by atoms with van der Waals surface area (Å²) in [5, 5.41) is 6.95. The summed E-state index contributed by atoms with van der Waals surface area (Å²) < 4.78 is 0. The molecule has 0 aromatic carbocycles. The van der Waals surface area contributed by atoms with Crippen LogP contribution in [-0.4, -0.2) is 16.9 Å². The van der Waals surface area contributed by atoms with Gasteiger partial charge in [-0.2, -0.15) is 11.3 Å². The SMILES string of the molecule is CC(Cc1ccsc1)NC(=O)c1cc[nH]c(=O)c1. The molecule has 1 amide bonds. The Bertz CT molecular complexity index is 575. The van der Waals surface area contributed by atoms with Crippen LogP contribution in [0.25, 0.3) is 0 Å². The van der Waals surface area contributed by atoms with E-state index >= 15 is 0 Å². The van der Waals surface area contributed by atoms with E-state index in [2.05, 4.69) is 15.7 Å². The molecule has 1 atom stereocenters. The van der Waals surface area contributed by atoms with Gasteiger partial charge in [0.1, 0.15) is 0 Å². The summed E-state index contributed by atoms with van der Waals surface area (Å²) in [6, 6.07) is 4.97. The van der Waals surface area contributed by atoms with Crippen molar-refractivity contribution in [1.29, 1.82) is 0 Å². The number of amides is 1. The molecule has 0 bridgehead atoms. The van der Waals surface area contributed by atoms with Crippen molar-refractivity contribution in [3.8, 4) is 0 Å². The lowest BCUT2D eigenvalue weighted by Crippen LogP contribution is -2.34. The lowest BCUT2D eigenvalue weighted by Gasteiger charge is -2.12. The number of rotatable bonds is 4. The molecule has 2 aromatic heterocycles. The van der Waals surface area contributed by atoms with Gasteiger partial charge in [0.05, 0.1) is 0 Å². The number of nitrogens with one attached hydrogen (secondary N) is 2. The normalized spacial score (nSPS) is 12.1. The highest BCUT2D eigenvalue weighted by Gasteiger charge is 2.10. The first-order valence-corrected chi connectivity index (χ1v) is 6.60. The van der Waals surface area contributed by atoms with Crippen LogP contribution in [0, 0.1) is 0 Å². The lowest BCUT2D eigenvalue weighted by atomic mass is 10.1. The lowest BCUT2D eigenvalue weighted by molar-refractivity contribution is 0.0940. The second kappa shape index (κ2) is 5.64. The zero-order valence-electron chi connectivity index (χ0n) is 9.97. The number of carbonyl (C=O) groups is 1. The zero-order chi connectivity index (χ0) is 13.0. The monoisotopic (exact) mass is 262 g/mol. The molecule has 2 heterocycles. The molecule has 0 fully saturated rings. The van der Waals surface area contributed by atoms with Crippen LogP contribution in [0.1, 0.15) is 22.8 Å². The van der Waals surface area contributed by atoms with E-state index in [0.29, 0.717) is 5.56 Å². The van der Waals surface area contributed by atoms with Crippen molar-refractivity contribution in [2.24, 2.45) is 0 Å². The fourth-order valence-corrected chi connectivity index (χ4v) is 2.39. The third-order valence-electron chi connectivity index (χ3n) is 2.54. The Hall–Kier alpha value is -1.88. The first kappa shape index (κ1) is 12.6. The number of carbonyl (C=O) groups excluding carboxylic acids is 1. The average Bonchev–Trinajstić information content (AvgIpc) is 2.81. The standard InChI is InChI=1S/C13H14N2O2S/c1-9(6-10-3-5-18-8-10)15-13(17)11-2-4-14-12(16)7-11/h2-5,7-9H,6H2,1H3,(H,14,16)(H,15,17). The van der Waals surface area contributed by atoms with E-state index in [9.17, 15) is 9.59 Å². The maximum atomic E-state index is 11.9. The van der Waals surface area contributed by atoms with Gasteiger partial charge in [0.15, 0.2) is 0 Å². The number of aromatic amines is 1. The predicted octanol–water partition coefficient (Wildman–Crippen LogP) is 1.80. The number of aromatic nitrogens is 1. The van der Waals surface area contributed by atoms with Crippen molar-refractivity contribution >= 4 is 17.2 Å². The van der Waals surface area contributed by atoms with Crippen LogP contribution >= 0.6 is 11.3 Å². The second-order valence-corrected chi connectivity index (χ2v) is 4.93. The molecular formula is C13H14N2O2S. The highest BCUT2D eigenvalue weighted by molar-refractivity contribution is 7.07. The van der Waals surface area contributed by atoms with Crippen molar-refractivity contribution in [2.45, 2.75) is 19.4 Å². The summed E-state index contributed by atoms with van der Waals surface area (Å²) in [7, 11) is 0. The predicted molar refractivity (Wildman–Crippen MR) is 72.0 cm³/mol. The second-order valence-electron chi connectivity index (χ2n) is 4.15. The van der Waals surface area contributed by atoms with E-state index in [0.717, 1.165) is 6.42 Å². The molecule has 0 radical (unpaired) electrons. The maximum absolute atomic E-state index is 11.9. The number of H-pyrrole nitrogens is 1. The van der Waals surface area contributed by atoms with Crippen molar-refractivity contribution < 1.29 is 4.79 Å². The van der Waals surface area contributed by atoms with Crippen LogP contribution in [0.5, 0.6) is 0 Å². The molecule has 18 heavy (non-hydrogen) atoms. The van der Waals surface area contributed by atoms with Crippen molar-refractivity contribution in [1.82, 2.24) is 10.3 Å². The minimum Gasteiger partial charge on any atom is -0.349 e. The molecule has 0 aliphatic carbocycles. The fourth-order valence-electron chi connectivity index (χ4n) is 1.71. The van der Waals surface area contributed by atoms with Gasteiger partial charge in [0.25, 0.3) is 5.91 Å². The van der Waals surface area contributed by atoms with Crippen molar-refractivity contribution in [3.05, 3.63) is 56.6 Å². The van der Waals surface area contributed by atoms with E-state index in [-0.39, 0.29) is 17.5 Å². The summed E-state index contributed by atoms with van der Waals surface area (Å²) in [5.74, 6) is -0.219. The zero-order valence-corrected chi connectivity index (χ0v) is 10.8. The van der Waals surface area contributed by atoms with Crippen molar-refractivity contribution in [3.63, 3.8) is 0 Å². The Morgan fingerprint density at radius 3 is 3.00 bits per heavy atom. The molecule has 2 N–H and O–H groups in total. The van der Waals surface area contributed by atoms with Gasteiger partial charge in [-0.3, -0.25) is 9.59 Å². The van der Waals surface area contributed by atoms with Crippen LogP contribution in [0.3, 0.4) is 0 Å². The number of hydrogen-bond acceptors (Lipinski definition) is 3. The fraction of sp³-hybridized carbons (Fsp3) is 0.231. The van der Waals surface area contributed by atoms with Crippen LogP contribution in [0.4, 0.5) is 0 Å². The molecule has 2 rings (SSSR count). The molecule has 2 aromatic rings. The molecular weight excluding hydrogens is 248 g/mol. The maximum Gasteiger partial charge on any atom is 0.251 e. The van der Waals surface area contributed by atoms with Crippen molar-refractivity contribution in [2.75, 3.05) is 0 Å². The van der Waals surface area contributed by atoms with Crippen LogP contribution in [-0.2, 0) is 6.42 Å². The molecule has 94 valence electrons. The summed E-state index contributed by atoms with van der Waals surface area (Å²) in [4.78, 5) is 25.5. The minimum atomic E-state index is -0.270. The number of thiophene rings is 1. The first-order chi connectivity index (χ1) is 8.65. The molecule has 0 spiro atoms. The molecule has 5 heteroatoms. The van der Waals surface area contributed by atoms with Gasteiger partial charge in [0.2, 0.25) is 5.56 Å². The summed E-state index contributed by atoms with van der Waals surface area (Å²) in [6.45, 7) is 1.95. The Kier molecular flexibility index (Phi) is 3.94. The molecule has 4 nitrogen and oxygen atoms in total. The Morgan fingerprint density at radius 2 is 2.33 bits per heavy atom. The highest BCUT2D eigenvalue weighted by atomic mass is 32.1. The smallest absolute Gasteiger partial charge is 0.251 e. The Morgan fingerprint density at radius 1 is 1.50 bits per heavy atom. The van der Waals surface area contributed by atoms with E-state index in [1.165, 1.54) is 17.8 Å². The van der Waals surface area contributed by atoms with E-state index in [1.54, 1.807) is 17.4 Å². The molecule has 0 saturated heterocycles. The van der Waals surface area contributed by atoms with E-state index in [1.807, 2.05) is 18.4 Å². The summed E-state index contributed by atoms with van der Waals surface area (Å²) >= 11 is 1.64. The first-order valence-electron chi connectivity index (χ1n) is 5.66. The summed E-state index contributed by atoms with van der Waals surface area (Å²) in [5.41, 5.74) is 1.32. The van der Waals surface area contributed by atoms with Gasteiger partial charge in [-0.15, -0.1) is 0 Å². The van der Waals surface area contributed by atoms with Crippen LogP contribution in [0.15, 0.2) is 40.0 Å². The van der Waals surface area contributed by atoms with Gasteiger partial charge in [0, 0.05) is 23.9 Å². The van der Waals surface area contributed by atoms with Crippen LogP contribution < -0.4 is 10.9 Å². The quantitative estimate of drug-likeness (QED) is 0.882. The topological polar surface area (TPSA) is 62.0 Å².